The molecule has 2 unspecified atom stereocenters. The average Bonchev–Trinajstić information content (AvgIpc) is 4.05. The van der Waals surface area contributed by atoms with Gasteiger partial charge in [0.25, 0.3) is 0 Å². The van der Waals surface area contributed by atoms with Crippen LogP contribution in [-0.2, 0) is 5.41 Å². The molecule has 0 aromatic heterocycles. The fourth-order valence-corrected chi connectivity index (χ4v) is 10.9. The lowest BCUT2D eigenvalue weighted by Gasteiger charge is -2.32. The Morgan fingerprint density at radius 1 is 0.466 bits per heavy atom. The number of fused-ring (bicyclic) bond motifs is 4. The molecule has 270 valence electrons. The van der Waals surface area contributed by atoms with Crippen molar-refractivity contribution in [2.75, 3.05) is 0 Å². The predicted molar refractivity (Wildman–Crippen MR) is 246 cm³/mol. The summed E-state index contributed by atoms with van der Waals surface area (Å²) in [6.07, 6.45) is 14.5. The first-order chi connectivity index (χ1) is 28.7. The van der Waals surface area contributed by atoms with Crippen LogP contribution < -0.4 is 20.9 Å². The molecule has 0 heterocycles. The van der Waals surface area contributed by atoms with Crippen LogP contribution in [0.15, 0.2) is 182 Å². The van der Waals surface area contributed by atoms with Gasteiger partial charge in [0.2, 0.25) is 0 Å². The zero-order valence-corrected chi connectivity index (χ0v) is 32.0. The predicted octanol–water partition coefficient (Wildman–Crippen LogP) is 11.4. The Morgan fingerprint density at radius 3 is 1.79 bits per heavy atom. The third-order valence-electron chi connectivity index (χ3n) is 13.7. The quantitative estimate of drug-likeness (QED) is 0.169. The fourth-order valence-electron chi connectivity index (χ4n) is 10.9. The molecule has 0 bridgehead atoms. The lowest BCUT2D eigenvalue weighted by molar-refractivity contribution is 0.854. The maximum absolute atomic E-state index is 2.67. The monoisotopic (exact) mass is 734 g/mol. The third-order valence-corrected chi connectivity index (χ3v) is 13.7. The Kier molecular flexibility index (Phi) is 6.64. The molecule has 1 fully saturated rings. The number of hydrogen-bond acceptors (Lipinski definition) is 0. The van der Waals surface area contributed by atoms with E-state index in [2.05, 4.69) is 200 Å². The van der Waals surface area contributed by atoms with Crippen molar-refractivity contribution < 1.29 is 0 Å². The number of hydrogen-bond donors (Lipinski definition) is 0. The van der Waals surface area contributed by atoms with Gasteiger partial charge in [0.15, 0.2) is 0 Å². The second-order valence-corrected chi connectivity index (χ2v) is 16.8. The topological polar surface area (TPSA) is 0 Å². The highest BCUT2D eigenvalue weighted by atomic mass is 14.6. The number of allylic oxidation sites excluding steroid dienone is 4. The Morgan fingerprint density at radius 2 is 1.07 bits per heavy atom. The van der Waals surface area contributed by atoms with E-state index >= 15 is 0 Å². The molecule has 0 amide bonds. The normalized spacial score (nSPS) is 18.7. The lowest BCUT2D eigenvalue weighted by atomic mass is 9.70. The van der Waals surface area contributed by atoms with Crippen molar-refractivity contribution in [1.82, 2.24) is 0 Å². The molecule has 0 saturated heterocycles. The molecule has 0 radical (unpaired) electrons. The van der Waals surface area contributed by atoms with Gasteiger partial charge in [-0.05, 0) is 169 Å². The number of benzene rings is 9. The van der Waals surface area contributed by atoms with E-state index in [1.165, 1.54) is 114 Å². The maximum Gasteiger partial charge on any atom is 0.0290 e. The Hall–Kier alpha value is -7.02. The zero-order valence-electron chi connectivity index (χ0n) is 32.0. The first-order valence-electron chi connectivity index (χ1n) is 20.7. The standard InChI is InChI=1S/C58H38/c1-5-14-40-28-44(19-9-18-36(40)10-1)52-33-51(45-23-20-37-11-2-6-15-41(37)29-45)49-26-27-50-53(46-24-21-38-12-3-7-16-42(38)30-46)34-55(47-25-22-39-13-4-8-17-43(39)31-47)58-35-48(58)32-54(52)56(49)57(50)58/h1-8,10-34,48H,9,35H2. The van der Waals surface area contributed by atoms with Crippen LogP contribution in [0.1, 0.15) is 35.1 Å². The van der Waals surface area contributed by atoms with Gasteiger partial charge >= 0.3 is 0 Å². The molecule has 13 rings (SSSR count). The van der Waals surface area contributed by atoms with E-state index in [1.807, 2.05) is 0 Å². The van der Waals surface area contributed by atoms with Crippen molar-refractivity contribution in [3.05, 3.63) is 225 Å². The highest BCUT2D eigenvalue weighted by Crippen LogP contribution is 2.66. The number of rotatable bonds is 4. The van der Waals surface area contributed by atoms with Crippen molar-refractivity contribution in [2.45, 2.75) is 18.3 Å². The van der Waals surface area contributed by atoms with E-state index in [0.717, 1.165) is 12.8 Å². The van der Waals surface area contributed by atoms with Gasteiger partial charge in [-0.25, -0.2) is 0 Å². The summed E-state index contributed by atoms with van der Waals surface area (Å²) in [4.78, 5) is 0. The average molecular weight is 735 g/mol. The van der Waals surface area contributed by atoms with Crippen molar-refractivity contribution in [3.8, 4) is 11.1 Å². The lowest BCUT2D eigenvalue weighted by Crippen LogP contribution is -2.33. The molecule has 4 aliphatic carbocycles. The minimum absolute atomic E-state index is 0.0914. The van der Waals surface area contributed by atoms with Gasteiger partial charge in [0.05, 0.1) is 0 Å². The van der Waals surface area contributed by atoms with Crippen LogP contribution in [0.5, 0.6) is 0 Å². The van der Waals surface area contributed by atoms with Gasteiger partial charge in [-0.15, -0.1) is 0 Å². The van der Waals surface area contributed by atoms with E-state index < -0.39 is 0 Å². The molecule has 4 aliphatic rings. The highest BCUT2D eigenvalue weighted by Gasteiger charge is 2.60. The summed E-state index contributed by atoms with van der Waals surface area (Å²) in [6.45, 7) is 0. The van der Waals surface area contributed by atoms with Crippen LogP contribution in [-0.4, -0.2) is 0 Å². The molecular weight excluding hydrogens is 697 g/mol. The summed E-state index contributed by atoms with van der Waals surface area (Å²) in [7, 11) is 0. The molecule has 0 nitrogen and oxygen atoms in total. The van der Waals surface area contributed by atoms with Crippen LogP contribution in [0.4, 0.5) is 0 Å². The summed E-state index contributed by atoms with van der Waals surface area (Å²) in [6, 6.07) is 63.9. The summed E-state index contributed by atoms with van der Waals surface area (Å²) >= 11 is 0. The first kappa shape index (κ1) is 32.1. The van der Waals surface area contributed by atoms with Gasteiger partial charge < -0.3 is 0 Å². The Bertz CT molecular complexity index is 3630. The molecule has 2 atom stereocenters. The van der Waals surface area contributed by atoms with Crippen LogP contribution in [0.2, 0.25) is 0 Å². The van der Waals surface area contributed by atoms with Gasteiger partial charge in [-0.3, -0.25) is 0 Å². The smallest absolute Gasteiger partial charge is 0.0290 e. The van der Waals surface area contributed by atoms with Crippen LogP contribution in [0.25, 0.3) is 89.2 Å². The molecule has 58 heavy (non-hydrogen) atoms. The van der Waals surface area contributed by atoms with Gasteiger partial charge in [-0.1, -0.05) is 164 Å². The SMILES string of the molecule is C1=C(c2cc(-c3ccc4ccccc4c3)c3ccc4c5c3c2=CC2CC52C(c2ccc3ccccc3c2)=CC=4c2ccc3ccccc3c2)C=c2ccccc2=CC1. The van der Waals surface area contributed by atoms with Crippen LogP contribution in [0.3, 0.4) is 0 Å². The Labute approximate surface area is 337 Å². The first-order valence-corrected chi connectivity index (χ1v) is 20.7. The van der Waals surface area contributed by atoms with Crippen LogP contribution >= 0.6 is 0 Å². The second kappa shape index (κ2) is 12.0. The maximum atomic E-state index is 2.67. The molecule has 0 N–H and O–H groups in total. The van der Waals surface area contributed by atoms with E-state index in [1.54, 1.807) is 0 Å². The van der Waals surface area contributed by atoms with Crippen molar-refractivity contribution in [3.63, 3.8) is 0 Å². The summed E-state index contributed by atoms with van der Waals surface area (Å²) in [5.41, 5.74) is 12.0. The van der Waals surface area contributed by atoms with E-state index in [4.69, 9.17) is 0 Å². The summed E-state index contributed by atoms with van der Waals surface area (Å²) in [5, 5.41) is 15.8. The molecule has 1 saturated carbocycles. The van der Waals surface area contributed by atoms with Gasteiger partial charge in [0.1, 0.15) is 0 Å². The minimum atomic E-state index is -0.0914. The van der Waals surface area contributed by atoms with Crippen molar-refractivity contribution >= 4 is 78.0 Å². The molecule has 9 aromatic rings. The van der Waals surface area contributed by atoms with Crippen molar-refractivity contribution in [1.29, 1.82) is 0 Å². The van der Waals surface area contributed by atoms with Crippen LogP contribution in [0, 0.1) is 5.92 Å². The second-order valence-electron chi connectivity index (χ2n) is 16.8. The molecular formula is C58H38. The Balaban J connectivity index is 1.17. The third kappa shape index (κ3) is 4.63. The zero-order chi connectivity index (χ0) is 38.0. The molecule has 0 aliphatic heterocycles. The van der Waals surface area contributed by atoms with E-state index in [0.29, 0.717) is 5.92 Å². The van der Waals surface area contributed by atoms with Gasteiger partial charge in [0, 0.05) is 5.41 Å². The van der Waals surface area contributed by atoms with Crippen molar-refractivity contribution in [2.24, 2.45) is 5.92 Å². The van der Waals surface area contributed by atoms with E-state index in [9.17, 15) is 0 Å². The minimum Gasteiger partial charge on any atom is -0.0728 e. The molecule has 9 aromatic carbocycles. The summed E-state index contributed by atoms with van der Waals surface area (Å²) < 4.78 is 0. The largest absolute Gasteiger partial charge is 0.0728 e. The summed E-state index contributed by atoms with van der Waals surface area (Å²) in [5.74, 6) is 0.413. The molecule has 1 spiro atoms. The fraction of sp³-hybridized carbons (Fsp3) is 0.0690. The van der Waals surface area contributed by atoms with Gasteiger partial charge in [-0.2, -0.15) is 0 Å². The molecule has 0 heteroatoms. The van der Waals surface area contributed by atoms with E-state index in [-0.39, 0.29) is 5.41 Å². The highest BCUT2D eigenvalue weighted by molar-refractivity contribution is 6.10.